The Bertz CT molecular complexity index is 750. The Kier molecular flexibility index (Phi) is 7.92. The molecule has 26 heavy (non-hydrogen) atoms. The van der Waals surface area contributed by atoms with Crippen LogP contribution in [0.5, 0.6) is 5.75 Å². The van der Waals surface area contributed by atoms with Crippen LogP contribution in [0, 0.1) is 0 Å². The van der Waals surface area contributed by atoms with Gasteiger partial charge in [-0.05, 0) is 37.3 Å². The summed E-state index contributed by atoms with van der Waals surface area (Å²) >= 11 is 5.97. The quantitative estimate of drug-likeness (QED) is 0.534. The molecule has 0 aromatic heterocycles. The highest BCUT2D eigenvalue weighted by Gasteiger charge is 2.10. The zero-order valence-electron chi connectivity index (χ0n) is 14.4. The SMILES string of the molecule is CCOCCOC(=O)c1cccc(NC(=O)COc2ccccc2Cl)c1. The van der Waals surface area contributed by atoms with Crippen molar-refractivity contribution in [2.75, 3.05) is 31.7 Å². The van der Waals surface area contributed by atoms with Crippen molar-refractivity contribution < 1.29 is 23.8 Å². The van der Waals surface area contributed by atoms with Crippen molar-refractivity contribution in [1.29, 1.82) is 0 Å². The fraction of sp³-hybridized carbons (Fsp3) is 0.263. The molecule has 0 aliphatic rings. The smallest absolute Gasteiger partial charge is 0.338 e. The highest BCUT2D eigenvalue weighted by Crippen LogP contribution is 2.23. The molecular formula is C19H20ClNO5. The van der Waals surface area contributed by atoms with Gasteiger partial charge in [-0.1, -0.05) is 29.8 Å². The van der Waals surface area contributed by atoms with E-state index in [0.717, 1.165) is 0 Å². The van der Waals surface area contributed by atoms with E-state index in [0.29, 0.717) is 35.2 Å². The number of ether oxygens (including phenoxy) is 3. The lowest BCUT2D eigenvalue weighted by Gasteiger charge is -2.10. The molecule has 2 aromatic rings. The highest BCUT2D eigenvalue weighted by molar-refractivity contribution is 6.32. The minimum atomic E-state index is -0.479. The van der Waals surface area contributed by atoms with Crippen molar-refractivity contribution in [1.82, 2.24) is 0 Å². The van der Waals surface area contributed by atoms with Crippen molar-refractivity contribution in [2.24, 2.45) is 0 Å². The van der Waals surface area contributed by atoms with Crippen LogP contribution in [0.15, 0.2) is 48.5 Å². The molecular weight excluding hydrogens is 358 g/mol. The number of anilines is 1. The van der Waals surface area contributed by atoms with E-state index in [1.165, 1.54) is 6.07 Å². The molecule has 0 saturated carbocycles. The maximum atomic E-state index is 12.0. The van der Waals surface area contributed by atoms with Crippen LogP contribution in [0.3, 0.4) is 0 Å². The van der Waals surface area contributed by atoms with Crippen LogP contribution in [0.2, 0.25) is 5.02 Å². The van der Waals surface area contributed by atoms with Crippen molar-refractivity contribution in [3.05, 3.63) is 59.1 Å². The summed E-state index contributed by atoms with van der Waals surface area (Å²) in [5.41, 5.74) is 0.809. The van der Waals surface area contributed by atoms with Crippen LogP contribution in [0.1, 0.15) is 17.3 Å². The summed E-state index contributed by atoms with van der Waals surface area (Å²) in [5.74, 6) is -0.421. The average molecular weight is 378 g/mol. The molecule has 0 unspecified atom stereocenters. The number of rotatable bonds is 9. The van der Waals surface area contributed by atoms with E-state index in [1.807, 2.05) is 6.92 Å². The van der Waals surface area contributed by atoms with Crippen LogP contribution in [0.4, 0.5) is 5.69 Å². The second kappa shape index (κ2) is 10.4. The third kappa shape index (κ3) is 6.38. The summed E-state index contributed by atoms with van der Waals surface area (Å²) in [4.78, 5) is 24.0. The van der Waals surface area contributed by atoms with Crippen LogP contribution in [0.25, 0.3) is 0 Å². The molecule has 0 bridgehead atoms. The molecule has 0 saturated heterocycles. The maximum Gasteiger partial charge on any atom is 0.338 e. The normalized spacial score (nSPS) is 10.2. The summed E-state index contributed by atoms with van der Waals surface area (Å²) in [5, 5.41) is 3.09. The second-order valence-electron chi connectivity index (χ2n) is 5.18. The Hall–Kier alpha value is -2.57. The zero-order valence-corrected chi connectivity index (χ0v) is 15.1. The minimum absolute atomic E-state index is 0.176. The van der Waals surface area contributed by atoms with E-state index in [9.17, 15) is 9.59 Å². The molecule has 2 rings (SSSR count). The van der Waals surface area contributed by atoms with Crippen molar-refractivity contribution in [2.45, 2.75) is 6.92 Å². The van der Waals surface area contributed by atoms with Gasteiger partial charge in [0.05, 0.1) is 17.2 Å². The van der Waals surface area contributed by atoms with Crippen LogP contribution < -0.4 is 10.1 Å². The number of esters is 1. The number of carbonyl (C=O) groups excluding carboxylic acids is 2. The molecule has 0 atom stereocenters. The molecule has 1 N–H and O–H groups in total. The number of halogens is 1. The van der Waals surface area contributed by atoms with Gasteiger partial charge in [-0.15, -0.1) is 0 Å². The van der Waals surface area contributed by atoms with Crippen molar-refractivity contribution in [3.8, 4) is 5.75 Å². The van der Waals surface area contributed by atoms with Gasteiger partial charge in [0.2, 0.25) is 0 Å². The number of amides is 1. The van der Waals surface area contributed by atoms with Crippen LogP contribution in [-0.4, -0.2) is 38.3 Å². The Morgan fingerprint density at radius 1 is 1.08 bits per heavy atom. The predicted octanol–water partition coefficient (Wildman–Crippen LogP) is 3.55. The van der Waals surface area contributed by atoms with Gasteiger partial charge in [-0.25, -0.2) is 4.79 Å². The largest absolute Gasteiger partial charge is 0.482 e. The first-order valence-corrected chi connectivity index (χ1v) is 8.50. The minimum Gasteiger partial charge on any atom is -0.482 e. The Balaban J connectivity index is 1.86. The number of carbonyl (C=O) groups is 2. The topological polar surface area (TPSA) is 73.9 Å². The number of para-hydroxylation sites is 1. The van der Waals surface area contributed by atoms with Gasteiger partial charge in [0.1, 0.15) is 12.4 Å². The third-order valence-corrected chi connectivity index (χ3v) is 3.55. The highest BCUT2D eigenvalue weighted by atomic mass is 35.5. The summed E-state index contributed by atoms with van der Waals surface area (Å²) in [6.45, 7) is 2.75. The van der Waals surface area contributed by atoms with E-state index in [2.05, 4.69) is 5.32 Å². The molecule has 0 radical (unpaired) electrons. The fourth-order valence-corrected chi connectivity index (χ4v) is 2.24. The van der Waals surface area contributed by atoms with Gasteiger partial charge in [0.25, 0.3) is 5.91 Å². The number of hydrogen-bond donors (Lipinski definition) is 1. The van der Waals surface area contributed by atoms with Gasteiger partial charge in [0, 0.05) is 12.3 Å². The van der Waals surface area contributed by atoms with E-state index < -0.39 is 5.97 Å². The third-order valence-electron chi connectivity index (χ3n) is 3.24. The van der Waals surface area contributed by atoms with Crippen molar-refractivity contribution in [3.63, 3.8) is 0 Å². The lowest BCUT2D eigenvalue weighted by Crippen LogP contribution is -2.20. The Morgan fingerprint density at radius 2 is 1.88 bits per heavy atom. The number of hydrogen-bond acceptors (Lipinski definition) is 5. The first-order chi connectivity index (χ1) is 12.6. The standard InChI is InChI=1S/C19H20ClNO5/c1-2-24-10-11-25-19(23)14-6-5-7-15(12-14)21-18(22)13-26-17-9-4-3-8-16(17)20/h3-9,12H,2,10-11,13H2,1H3,(H,21,22). The average Bonchev–Trinajstić information content (AvgIpc) is 2.64. The monoisotopic (exact) mass is 377 g/mol. The van der Waals surface area contributed by atoms with Gasteiger partial charge in [-0.3, -0.25) is 4.79 Å². The molecule has 0 fully saturated rings. The summed E-state index contributed by atoms with van der Waals surface area (Å²) in [6.07, 6.45) is 0. The van der Waals surface area contributed by atoms with Gasteiger partial charge in [-0.2, -0.15) is 0 Å². The number of benzene rings is 2. The van der Waals surface area contributed by atoms with E-state index in [-0.39, 0.29) is 19.1 Å². The summed E-state index contributed by atoms with van der Waals surface area (Å²) in [6, 6.07) is 13.4. The first-order valence-electron chi connectivity index (χ1n) is 8.12. The molecule has 0 heterocycles. The van der Waals surface area contributed by atoms with Crippen molar-refractivity contribution >= 4 is 29.2 Å². The molecule has 2 aromatic carbocycles. The molecule has 1 amide bonds. The van der Waals surface area contributed by atoms with Gasteiger partial charge < -0.3 is 19.5 Å². The van der Waals surface area contributed by atoms with E-state index in [1.54, 1.807) is 42.5 Å². The number of nitrogens with one attached hydrogen (secondary N) is 1. The molecule has 138 valence electrons. The molecule has 0 aliphatic carbocycles. The molecule has 0 spiro atoms. The predicted molar refractivity (Wildman–Crippen MR) is 98.8 cm³/mol. The van der Waals surface area contributed by atoms with E-state index >= 15 is 0 Å². The van der Waals surface area contributed by atoms with Crippen LogP contribution >= 0.6 is 11.6 Å². The van der Waals surface area contributed by atoms with Gasteiger partial charge in [0.15, 0.2) is 6.61 Å². The Morgan fingerprint density at radius 3 is 2.65 bits per heavy atom. The zero-order chi connectivity index (χ0) is 18.8. The molecule has 7 heteroatoms. The summed E-state index contributed by atoms with van der Waals surface area (Å²) < 4.78 is 15.6. The lowest BCUT2D eigenvalue weighted by atomic mass is 10.2. The maximum absolute atomic E-state index is 12.0. The van der Waals surface area contributed by atoms with Crippen LogP contribution in [-0.2, 0) is 14.3 Å². The van der Waals surface area contributed by atoms with Gasteiger partial charge >= 0.3 is 5.97 Å². The second-order valence-corrected chi connectivity index (χ2v) is 5.59. The Labute approximate surface area is 157 Å². The molecule has 6 nitrogen and oxygen atoms in total. The first kappa shape index (κ1) is 19.8. The fourth-order valence-electron chi connectivity index (χ4n) is 2.05. The lowest BCUT2D eigenvalue weighted by molar-refractivity contribution is -0.118. The van der Waals surface area contributed by atoms with E-state index in [4.69, 9.17) is 25.8 Å². The molecule has 0 aliphatic heterocycles. The summed E-state index contributed by atoms with van der Waals surface area (Å²) in [7, 11) is 0.